The number of H-pyrrole nitrogens is 1. The standard InChI is InChI=1S/C13H11N3OS/c17-12-4-2-1-3-9(12)8-18-13-15-10-5-6-14-7-11(10)16-13/h1-7,17H,8H2,(H,15,16). The van der Waals surface area contributed by atoms with Crippen molar-refractivity contribution >= 4 is 22.8 Å². The maximum atomic E-state index is 9.67. The number of nitrogens with zero attached hydrogens (tertiary/aromatic N) is 2. The van der Waals surface area contributed by atoms with Crippen molar-refractivity contribution in [2.45, 2.75) is 10.9 Å². The lowest BCUT2D eigenvalue weighted by atomic mass is 10.2. The molecule has 0 spiro atoms. The van der Waals surface area contributed by atoms with E-state index in [0.717, 1.165) is 21.8 Å². The van der Waals surface area contributed by atoms with E-state index in [-0.39, 0.29) is 0 Å². The normalized spacial score (nSPS) is 10.9. The Kier molecular flexibility index (Phi) is 2.90. The largest absolute Gasteiger partial charge is 0.508 e. The molecule has 90 valence electrons. The molecule has 0 unspecified atom stereocenters. The third-order valence-electron chi connectivity index (χ3n) is 2.62. The summed E-state index contributed by atoms with van der Waals surface area (Å²) in [6, 6.07) is 9.20. The fourth-order valence-corrected chi connectivity index (χ4v) is 2.56. The molecule has 2 N–H and O–H groups in total. The van der Waals surface area contributed by atoms with Crippen molar-refractivity contribution in [2.24, 2.45) is 0 Å². The van der Waals surface area contributed by atoms with Gasteiger partial charge in [0.2, 0.25) is 0 Å². The number of nitrogens with one attached hydrogen (secondary N) is 1. The van der Waals surface area contributed by atoms with Crippen LogP contribution < -0.4 is 0 Å². The topological polar surface area (TPSA) is 61.8 Å². The van der Waals surface area contributed by atoms with E-state index in [1.165, 1.54) is 0 Å². The molecule has 0 atom stereocenters. The number of hydrogen-bond donors (Lipinski definition) is 2. The van der Waals surface area contributed by atoms with Crippen molar-refractivity contribution in [3.63, 3.8) is 0 Å². The molecule has 0 aliphatic rings. The van der Waals surface area contributed by atoms with Crippen LogP contribution in [0, 0.1) is 0 Å². The zero-order valence-electron chi connectivity index (χ0n) is 9.50. The minimum absolute atomic E-state index is 0.322. The zero-order chi connectivity index (χ0) is 12.4. The molecule has 0 aliphatic carbocycles. The van der Waals surface area contributed by atoms with Crippen molar-refractivity contribution < 1.29 is 5.11 Å². The smallest absolute Gasteiger partial charge is 0.166 e. The van der Waals surface area contributed by atoms with Gasteiger partial charge in [-0.2, -0.15) is 0 Å². The summed E-state index contributed by atoms with van der Waals surface area (Å²) in [5, 5.41) is 10.5. The first-order valence-corrected chi connectivity index (χ1v) is 6.51. The third-order valence-corrected chi connectivity index (χ3v) is 3.54. The van der Waals surface area contributed by atoms with Gasteiger partial charge in [-0.1, -0.05) is 30.0 Å². The number of aromatic nitrogens is 3. The summed E-state index contributed by atoms with van der Waals surface area (Å²) in [4.78, 5) is 11.7. The first-order valence-electron chi connectivity index (χ1n) is 5.52. The van der Waals surface area contributed by atoms with E-state index in [4.69, 9.17) is 0 Å². The molecule has 3 rings (SSSR count). The maximum Gasteiger partial charge on any atom is 0.166 e. The fourth-order valence-electron chi connectivity index (χ4n) is 1.68. The summed E-state index contributed by atoms with van der Waals surface area (Å²) < 4.78 is 0. The Balaban J connectivity index is 1.79. The Hall–Kier alpha value is -2.01. The van der Waals surface area contributed by atoms with E-state index in [0.29, 0.717) is 11.5 Å². The molecule has 0 radical (unpaired) electrons. The van der Waals surface area contributed by atoms with Gasteiger partial charge < -0.3 is 10.1 Å². The molecule has 5 heteroatoms. The van der Waals surface area contributed by atoms with Crippen LogP contribution in [0.4, 0.5) is 0 Å². The second-order valence-electron chi connectivity index (χ2n) is 3.85. The molecule has 0 fully saturated rings. The van der Waals surface area contributed by atoms with Gasteiger partial charge in [-0.05, 0) is 12.1 Å². The summed E-state index contributed by atoms with van der Waals surface area (Å²) in [6.07, 6.45) is 3.48. The SMILES string of the molecule is Oc1ccccc1CSc1nc2ccncc2[nH]1. The van der Waals surface area contributed by atoms with Crippen LogP contribution in [0.15, 0.2) is 47.9 Å². The molecule has 0 saturated heterocycles. The number of phenols is 1. The highest BCUT2D eigenvalue weighted by Gasteiger charge is 2.05. The van der Waals surface area contributed by atoms with Crippen LogP contribution in [0.5, 0.6) is 5.75 Å². The first-order chi connectivity index (χ1) is 8.83. The van der Waals surface area contributed by atoms with E-state index in [2.05, 4.69) is 15.0 Å². The van der Waals surface area contributed by atoms with Crippen LogP contribution in [0.2, 0.25) is 0 Å². The minimum atomic E-state index is 0.322. The van der Waals surface area contributed by atoms with Crippen molar-refractivity contribution in [1.82, 2.24) is 15.0 Å². The van der Waals surface area contributed by atoms with E-state index in [1.54, 1.807) is 30.2 Å². The summed E-state index contributed by atoms with van der Waals surface area (Å²) in [5.74, 6) is 1.00. The molecular formula is C13H11N3OS. The second-order valence-corrected chi connectivity index (χ2v) is 4.82. The zero-order valence-corrected chi connectivity index (χ0v) is 10.3. The molecule has 2 heterocycles. The maximum absolute atomic E-state index is 9.67. The average molecular weight is 257 g/mol. The number of para-hydroxylation sites is 1. The highest BCUT2D eigenvalue weighted by molar-refractivity contribution is 7.98. The van der Waals surface area contributed by atoms with Gasteiger partial charge >= 0.3 is 0 Å². The lowest BCUT2D eigenvalue weighted by Gasteiger charge is -2.01. The van der Waals surface area contributed by atoms with Gasteiger partial charge in [0.25, 0.3) is 0 Å². The monoisotopic (exact) mass is 257 g/mol. The highest BCUT2D eigenvalue weighted by atomic mass is 32.2. The van der Waals surface area contributed by atoms with Crippen LogP contribution in [0.25, 0.3) is 11.0 Å². The Bertz CT molecular complexity index is 648. The van der Waals surface area contributed by atoms with Crippen molar-refractivity contribution in [1.29, 1.82) is 0 Å². The van der Waals surface area contributed by atoms with Crippen LogP contribution in [0.3, 0.4) is 0 Å². The second kappa shape index (κ2) is 4.70. The van der Waals surface area contributed by atoms with Gasteiger partial charge in [-0.15, -0.1) is 0 Å². The predicted molar refractivity (Wildman–Crippen MR) is 71.6 cm³/mol. The number of hydrogen-bond acceptors (Lipinski definition) is 4. The Labute approximate surface area is 108 Å². The van der Waals surface area contributed by atoms with Crippen LogP contribution in [-0.2, 0) is 5.75 Å². The minimum Gasteiger partial charge on any atom is -0.508 e. The number of pyridine rings is 1. The van der Waals surface area contributed by atoms with Gasteiger partial charge in [0.15, 0.2) is 5.16 Å². The molecule has 0 amide bonds. The lowest BCUT2D eigenvalue weighted by Crippen LogP contribution is -1.82. The van der Waals surface area contributed by atoms with Gasteiger partial charge in [-0.25, -0.2) is 4.98 Å². The molecule has 0 saturated carbocycles. The molecule has 2 aromatic heterocycles. The number of benzene rings is 1. The van der Waals surface area contributed by atoms with Gasteiger partial charge in [0.1, 0.15) is 5.75 Å². The number of thioether (sulfide) groups is 1. The lowest BCUT2D eigenvalue weighted by molar-refractivity contribution is 0.470. The van der Waals surface area contributed by atoms with Gasteiger partial charge in [-0.3, -0.25) is 4.98 Å². The fraction of sp³-hybridized carbons (Fsp3) is 0.0769. The molecule has 1 aromatic carbocycles. The molecule has 18 heavy (non-hydrogen) atoms. The van der Waals surface area contributed by atoms with E-state index in [1.807, 2.05) is 24.3 Å². The quantitative estimate of drug-likeness (QED) is 0.708. The summed E-state index contributed by atoms with van der Waals surface area (Å²) in [7, 11) is 0. The van der Waals surface area contributed by atoms with Crippen LogP contribution in [-0.4, -0.2) is 20.1 Å². The van der Waals surface area contributed by atoms with E-state index in [9.17, 15) is 5.11 Å². The Morgan fingerprint density at radius 2 is 2.11 bits per heavy atom. The number of phenolic OH excluding ortho intramolecular Hbond substituents is 1. The number of rotatable bonds is 3. The molecule has 0 bridgehead atoms. The Morgan fingerprint density at radius 1 is 1.22 bits per heavy atom. The molecule has 0 aliphatic heterocycles. The van der Waals surface area contributed by atoms with E-state index < -0.39 is 0 Å². The number of fused-ring (bicyclic) bond motifs is 1. The van der Waals surface area contributed by atoms with Crippen molar-refractivity contribution in [3.8, 4) is 5.75 Å². The highest BCUT2D eigenvalue weighted by Crippen LogP contribution is 2.26. The first kappa shape index (κ1) is 11.1. The van der Waals surface area contributed by atoms with Gasteiger partial charge in [0.05, 0.1) is 17.2 Å². The van der Waals surface area contributed by atoms with Crippen LogP contribution in [0.1, 0.15) is 5.56 Å². The molecular weight excluding hydrogens is 246 g/mol. The number of aromatic hydroxyl groups is 1. The van der Waals surface area contributed by atoms with Crippen LogP contribution >= 0.6 is 11.8 Å². The van der Waals surface area contributed by atoms with Crippen molar-refractivity contribution in [2.75, 3.05) is 0 Å². The Morgan fingerprint density at radius 3 is 2.94 bits per heavy atom. The number of aromatic amines is 1. The number of imidazole rings is 1. The summed E-state index contributed by atoms with van der Waals surface area (Å²) in [6.45, 7) is 0. The predicted octanol–water partition coefficient (Wildman–Crippen LogP) is 2.96. The average Bonchev–Trinajstić information content (AvgIpc) is 2.80. The molecule has 3 aromatic rings. The third kappa shape index (κ3) is 2.17. The van der Waals surface area contributed by atoms with Crippen molar-refractivity contribution in [3.05, 3.63) is 48.3 Å². The van der Waals surface area contributed by atoms with E-state index >= 15 is 0 Å². The summed E-state index contributed by atoms with van der Waals surface area (Å²) >= 11 is 1.56. The van der Waals surface area contributed by atoms with Gasteiger partial charge in [0, 0.05) is 17.5 Å². The summed E-state index contributed by atoms with van der Waals surface area (Å²) in [5.41, 5.74) is 2.74. The molecule has 4 nitrogen and oxygen atoms in total.